The molecule has 0 aliphatic carbocycles. The van der Waals surface area contributed by atoms with Gasteiger partial charge >= 0.3 is 0 Å². The second kappa shape index (κ2) is 8.54. The Morgan fingerprint density at radius 1 is 1.08 bits per heavy atom. The molecule has 3 aromatic rings. The van der Waals surface area contributed by atoms with Crippen LogP contribution in [-0.2, 0) is 4.79 Å². The maximum Gasteiger partial charge on any atom is 0.234 e. The van der Waals surface area contributed by atoms with Gasteiger partial charge in [0, 0.05) is 16.3 Å². The normalized spacial score (nSPS) is 10.6. The summed E-state index contributed by atoms with van der Waals surface area (Å²) < 4.78 is 0. The predicted molar refractivity (Wildman–Crippen MR) is 108 cm³/mol. The molecule has 3 rings (SSSR count). The number of thioether (sulfide) groups is 1. The summed E-state index contributed by atoms with van der Waals surface area (Å²) in [4.78, 5) is 21.1. The maximum atomic E-state index is 12.2. The lowest BCUT2D eigenvalue weighted by atomic mass is 10.1. The topological polar surface area (TPSA) is 54.9 Å². The van der Waals surface area contributed by atoms with Crippen molar-refractivity contribution in [3.05, 3.63) is 70.3 Å². The Morgan fingerprint density at radius 2 is 1.85 bits per heavy atom. The standard InChI is InChI=1S/C19H15Cl2N3OS/c1-12-9-17(13-5-3-2-4-6-13)24-19(22-12)26-11-18(25)23-16-8-7-14(20)10-15(16)21/h2-10H,11H2,1H3,(H,23,25). The van der Waals surface area contributed by atoms with Gasteiger partial charge < -0.3 is 5.32 Å². The Kier molecular flexibility index (Phi) is 6.14. The predicted octanol–water partition coefficient (Wildman–Crippen LogP) is 5.49. The third-order valence-electron chi connectivity index (χ3n) is 3.44. The van der Waals surface area contributed by atoms with Crippen LogP contribution in [0.25, 0.3) is 11.3 Å². The van der Waals surface area contributed by atoms with Crippen LogP contribution in [0.15, 0.2) is 59.8 Å². The molecule has 0 atom stereocenters. The number of amides is 1. The van der Waals surface area contributed by atoms with E-state index < -0.39 is 0 Å². The first-order chi connectivity index (χ1) is 12.5. The second-order valence-corrected chi connectivity index (χ2v) is 7.29. The first kappa shape index (κ1) is 18.7. The van der Waals surface area contributed by atoms with E-state index in [1.807, 2.05) is 43.3 Å². The van der Waals surface area contributed by atoms with Crippen molar-refractivity contribution in [3.63, 3.8) is 0 Å². The number of anilines is 1. The van der Waals surface area contributed by atoms with Gasteiger partial charge in [-0.15, -0.1) is 0 Å². The summed E-state index contributed by atoms with van der Waals surface area (Å²) in [5.74, 6) is -0.0120. The van der Waals surface area contributed by atoms with Gasteiger partial charge in [-0.05, 0) is 31.2 Å². The molecule has 132 valence electrons. The summed E-state index contributed by atoms with van der Waals surface area (Å²) in [6, 6.07) is 16.7. The van der Waals surface area contributed by atoms with Crippen molar-refractivity contribution in [2.45, 2.75) is 12.1 Å². The van der Waals surface area contributed by atoms with Crippen LogP contribution >= 0.6 is 35.0 Å². The van der Waals surface area contributed by atoms with Crippen LogP contribution in [0, 0.1) is 6.92 Å². The van der Waals surface area contributed by atoms with Crippen molar-refractivity contribution in [1.29, 1.82) is 0 Å². The number of hydrogen-bond acceptors (Lipinski definition) is 4. The van der Waals surface area contributed by atoms with Gasteiger partial charge in [-0.3, -0.25) is 4.79 Å². The number of aromatic nitrogens is 2. The van der Waals surface area contributed by atoms with E-state index in [2.05, 4.69) is 15.3 Å². The summed E-state index contributed by atoms with van der Waals surface area (Å²) in [6.07, 6.45) is 0. The van der Waals surface area contributed by atoms with E-state index in [0.29, 0.717) is 20.9 Å². The molecule has 0 unspecified atom stereocenters. The molecule has 0 fully saturated rings. The fourth-order valence-corrected chi connectivity index (χ4v) is 3.43. The third-order valence-corrected chi connectivity index (χ3v) is 4.84. The Bertz CT molecular complexity index is 935. The summed E-state index contributed by atoms with van der Waals surface area (Å²) in [5, 5.41) is 4.23. The number of aryl methyl sites for hydroxylation is 1. The first-order valence-corrected chi connectivity index (χ1v) is 9.54. The molecule has 0 saturated heterocycles. The highest BCUT2D eigenvalue weighted by atomic mass is 35.5. The van der Waals surface area contributed by atoms with E-state index in [9.17, 15) is 4.79 Å². The average Bonchev–Trinajstić information content (AvgIpc) is 2.63. The summed E-state index contributed by atoms with van der Waals surface area (Å²) in [5.41, 5.74) is 3.22. The number of halogens is 2. The first-order valence-electron chi connectivity index (χ1n) is 7.80. The Balaban J connectivity index is 1.67. The Morgan fingerprint density at radius 3 is 2.58 bits per heavy atom. The lowest BCUT2D eigenvalue weighted by molar-refractivity contribution is -0.113. The van der Waals surface area contributed by atoms with Crippen molar-refractivity contribution in [3.8, 4) is 11.3 Å². The van der Waals surface area contributed by atoms with Crippen LogP contribution in [0.2, 0.25) is 10.0 Å². The summed E-state index contributed by atoms with van der Waals surface area (Å²) in [6.45, 7) is 1.91. The van der Waals surface area contributed by atoms with E-state index >= 15 is 0 Å². The lowest BCUT2D eigenvalue weighted by Crippen LogP contribution is -2.14. The van der Waals surface area contributed by atoms with Crippen LogP contribution in [0.1, 0.15) is 5.69 Å². The van der Waals surface area contributed by atoms with Gasteiger partial charge in [-0.1, -0.05) is 65.3 Å². The van der Waals surface area contributed by atoms with Crippen LogP contribution in [0.4, 0.5) is 5.69 Å². The smallest absolute Gasteiger partial charge is 0.234 e. The van der Waals surface area contributed by atoms with Gasteiger partial charge in [0.1, 0.15) is 0 Å². The molecule has 4 nitrogen and oxygen atoms in total. The molecule has 2 aromatic carbocycles. The van der Waals surface area contributed by atoms with Gasteiger partial charge in [0.15, 0.2) is 5.16 Å². The number of carbonyl (C=O) groups is 1. The quantitative estimate of drug-likeness (QED) is 0.451. The molecule has 1 N–H and O–H groups in total. The molecular formula is C19H15Cl2N3OS. The van der Waals surface area contributed by atoms with Crippen molar-refractivity contribution in [2.75, 3.05) is 11.1 Å². The molecule has 26 heavy (non-hydrogen) atoms. The number of carbonyl (C=O) groups excluding carboxylic acids is 1. The van der Waals surface area contributed by atoms with Crippen molar-refractivity contribution in [1.82, 2.24) is 9.97 Å². The van der Waals surface area contributed by atoms with Gasteiger partial charge in [0.25, 0.3) is 0 Å². The van der Waals surface area contributed by atoms with Crippen molar-refractivity contribution < 1.29 is 4.79 Å². The number of hydrogen-bond donors (Lipinski definition) is 1. The number of rotatable bonds is 5. The van der Waals surface area contributed by atoms with Crippen LogP contribution in [0.5, 0.6) is 0 Å². The van der Waals surface area contributed by atoms with Gasteiger partial charge in [0.2, 0.25) is 5.91 Å². The fraction of sp³-hybridized carbons (Fsp3) is 0.105. The molecule has 1 aromatic heterocycles. The third kappa shape index (κ3) is 4.97. The zero-order valence-corrected chi connectivity index (χ0v) is 16.2. The molecule has 0 bridgehead atoms. The van der Waals surface area contributed by atoms with Gasteiger partial charge in [0.05, 0.1) is 22.2 Å². The van der Waals surface area contributed by atoms with E-state index in [0.717, 1.165) is 17.0 Å². The SMILES string of the molecule is Cc1cc(-c2ccccc2)nc(SCC(=O)Nc2ccc(Cl)cc2Cl)n1. The van der Waals surface area contributed by atoms with Crippen LogP contribution < -0.4 is 5.32 Å². The zero-order chi connectivity index (χ0) is 18.5. The summed E-state index contributed by atoms with van der Waals surface area (Å²) in [7, 11) is 0. The minimum Gasteiger partial charge on any atom is -0.324 e. The van der Waals surface area contributed by atoms with Crippen molar-refractivity contribution in [2.24, 2.45) is 0 Å². The van der Waals surface area contributed by atoms with Gasteiger partial charge in [-0.2, -0.15) is 0 Å². The lowest BCUT2D eigenvalue weighted by Gasteiger charge is -2.08. The second-order valence-electron chi connectivity index (χ2n) is 5.50. The number of benzene rings is 2. The van der Waals surface area contributed by atoms with E-state index in [4.69, 9.17) is 23.2 Å². The van der Waals surface area contributed by atoms with Crippen LogP contribution in [0.3, 0.4) is 0 Å². The highest BCUT2D eigenvalue weighted by Crippen LogP contribution is 2.26. The van der Waals surface area contributed by atoms with Crippen LogP contribution in [-0.4, -0.2) is 21.6 Å². The molecule has 0 radical (unpaired) electrons. The van der Waals surface area contributed by atoms with E-state index in [-0.39, 0.29) is 11.7 Å². The highest BCUT2D eigenvalue weighted by Gasteiger charge is 2.10. The van der Waals surface area contributed by atoms with E-state index in [1.54, 1.807) is 18.2 Å². The molecule has 1 amide bonds. The minimum atomic E-state index is -0.189. The Hall–Kier alpha value is -2.08. The van der Waals surface area contributed by atoms with Gasteiger partial charge in [-0.25, -0.2) is 9.97 Å². The molecule has 0 spiro atoms. The number of nitrogens with zero attached hydrogens (tertiary/aromatic N) is 2. The molecular weight excluding hydrogens is 389 g/mol. The molecule has 0 aliphatic heterocycles. The molecule has 0 aliphatic rings. The monoisotopic (exact) mass is 403 g/mol. The van der Waals surface area contributed by atoms with E-state index in [1.165, 1.54) is 11.8 Å². The maximum absolute atomic E-state index is 12.2. The number of nitrogens with one attached hydrogen (secondary N) is 1. The molecule has 1 heterocycles. The summed E-state index contributed by atoms with van der Waals surface area (Å²) >= 11 is 13.2. The van der Waals surface area contributed by atoms with Crippen molar-refractivity contribution >= 4 is 46.6 Å². The molecule has 7 heteroatoms. The average molecular weight is 404 g/mol. The minimum absolute atomic E-state index is 0.177. The Labute approximate surface area is 166 Å². The highest BCUT2D eigenvalue weighted by molar-refractivity contribution is 7.99. The zero-order valence-electron chi connectivity index (χ0n) is 13.9. The largest absolute Gasteiger partial charge is 0.324 e. The molecule has 0 saturated carbocycles. The fourth-order valence-electron chi connectivity index (χ4n) is 2.27.